The van der Waals surface area contributed by atoms with E-state index >= 15 is 0 Å². The summed E-state index contributed by atoms with van der Waals surface area (Å²) in [4.78, 5) is 6.43. The summed E-state index contributed by atoms with van der Waals surface area (Å²) < 4.78 is 5.20. The van der Waals surface area contributed by atoms with Gasteiger partial charge in [0, 0.05) is 19.2 Å². The van der Waals surface area contributed by atoms with Gasteiger partial charge in [-0.25, -0.2) is 4.98 Å². The van der Waals surface area contributed by atoms with Gasteiger partial charge in [-0.3, -0.25) is 0 Å². The van der Waals surface area contributed by atoms with Gasteiger partial charge < -0.3 is 15.4 Å². The van der Waals surface area contributed by atoms with Crippen molar-refractivity contribution >= 4 is 11.5 Å². The van der Waals surface area contributed by atoms with Crippen molar-refractivity contribution in [2.24, 2.45) is 0 Å². The summed E-state index contributed by atoms with van der Waals surface area (Å²) in [5, 5.41) is 0. The van der Waals surface area contributed by atoms with Gasteiger partial charge in [0.1, 0.15) is 0 Å². The molecule has 4 nitrogen and oxygen atoms in total. The number of rotatable bonds is 2. The number of nitrogens with zero attached hydrogens (tertiary/aromatic N) is 2. The molecule has 0 unspecified atom stereocenters. The minimum absolute atomic E-state index is 0.640. The molecule has 4 heteroatoms. The van der Waals surface area contributed by atoms with Crippen LogP contribution >= 0.6 is 0 Å². The number of hydrogen-bond donors (Lipinski definition) is 1. The van der Waals surface area contributed by atoms with Crippen LogP contribution in [0, 0.1) is 0 Å². The number of pyridine rings is 1. The molecule has 0 bridgehead atoms. The van der Waals surface area contributed by atoms with Gasteiger partial charge in [0.25, 0.3) is 0 Å². The van der Waals surface area contributed by atoms with Crippen LogP contribution in [-0.2, 0) is 0 Å². The van der Waals surface area contributed by atoms with Gasteiger partial charge in [-0.2, -0.15) is 0 Å². The molecule has 70 valence electrons. The van der Waals surface area contributed by atoms with E-state index in [2.05, 4.69) is 9.88 Å². The summed E-state index contributed by atoms with van der Waals surface area (Å²) in [6.07, 6.45) is 2.89. The maximum atomic E-state index is 5.60. The van der Waals surface area contributed by atoms with E-state index in [1.807, 2.05) is 0 Å². The highest BCUT2D eigenvalue weighted by Crippen LogP contribution is 2.30. The quantitative estimate of drug-likeness (QED) is 0.732. The molecule has 0 saturated carbocycles. The number of aromatic nitrogens is 1. The Labute approximate surface area is 77.3 Å². The van der Waals surface area contributed by atoms with Crippen molar-refractivity contribution < 1.29 is 4.74 Å². The maximum Gasteiger partial charge on any atom is 0.171 e. The predicted octanol–water partition coefficient (Wildman–Crippen LogP) is 0.883. The molecule has 0 aromatic carbocycles. The lowest BCUT2D eigenvalue weighted by molar-refractivity contribution is 0.410. The third-order valence-electron chi connectivity index (χ3n) is 2.23. The zero-order chi connectivity index (χ0) is 9.26. The van der Waals surface area contributed by atoms with E-state index in [9.17, 15) is 0 Å². The zero-order valence-electron chi connectivity index (χ0n) is 7.66. The standard InChI is InChI=1S/C9H13N3O/c1-13-8-5-7(10)6-11-9(8)12-3-2-4-12/h5-6H,2-4,10H2,1H3. The van der Waals surface area contributed by atoms with Crippen molar-refractivity contribution in [2.45, 2.75) is 6.42 Å². The van der Waals surface area contributed by atoms with Crippen LogP contribution in [0.5, 0.6) is 5.75 Å². The van der Waals surface area contributed by atoms with E-state index in [1.165, 1.54) is 6.42 Å². The first-order valence-corrected chi connectivity index (χ1v) is 4.35. The summed E-state index contributed by atoms with van der Waals surface area (Å²) in [6.45, 7) is 2.13. The van der Waals surface area contributed by atoms with Gasteiger partial charge >= 0.3 is 0 Å². The largest absolute Gasteiger partial charge is 0.493 e. The molecule has 1 aliphatic rings. The number of nitrogen functional groups attached to an aromatic ring is 1. The maximum absolute atomic E-state index is 5.60. The van der Waals surface area contributed by atoms with Gasteiger partial charge in [-0.05, 0) is 6.42 Å². The highest BCUT2D eigenvalue weighted by atomic mass is 16.5. The van der Waals surface area contributed by atoms with Crippen LogP contribution in [0.25, 0.3) is 0 Å². The Kier molecular flexibility index (Phi) is 1.96. The van der Waals surface area contributed by atoms with E-state index in [-0.39, 0.29) is 0 Å². The van der Waals surface area contributed by atoms with Crippen LogP contribution in [0.1, 0.15) is 6.42 Å². The molecule has 0 amide bonds. The van der Waals surface area contributed by atoms with E-state index in [0.29, 0.717) is 5.69 Å². The minimum Gasteiger partial charge on any atom is -0.493 e. The SMILES string of the molecule is COc1cc(N)cnc1N1CCC1. The van der Waals surface area contributed by atoms with Crippen LogP contribution in [0.2, 0.25) is 0 Å². The molecule has 0 spiro atoms. The first-order valence-electron chi connectivity index (χ1n) is 4.35. The number of hydrogen-bond acceptors (Lipinski definition) is 4. The van der Waals surface area contributed by atoms with E-state index < -0.39 is 0 Å². The summed E-state index contributed by atoms with van der Waals surface area (Å²) in [7, 11) is 1.64. The first kappa shape index (κ1) is 8.16. The Morgan fingerprint density at radius 1 is 1.54 bits per heavy atom. The van der Waals surface area contributed by atoms with Crippen molar-refractivity contribution in [2.75, 3.05) is 30.8 Å². The number of nitrogens with two attached hydrogens (primary N) is 1. The van der Waals surface area contributed by atoms with Gasteiger partial charge in [-0.1, -0.05) is 0 Å². The molecule has 13 heavy (non-hydrogen) atoms. The lowest BCUT2D eigenvalue weighted by atomic mass is 10.2. The number of anilines is 2. The molecule has 1 fully saturated rings. The van der Waals surface area contributed by atoms with E-state index in [0.717, 1.165) is 24.7 Å². The van der Waals surface area contributed by atoms with Gasteiger partial charge in [0.15, 0.2) is 11.6 Å². The smallest absolute Gasteiger partial charge is 0.171 e. The topological polar surface area (TPSA) is 51.4 Å². The zero-order valence-corrected chi connectivity index (χ0v) is 7.66. The Hall–Kier alpha value is -1.45. The molecule has 1 aromatic rings. The summed E-state index contributed by atoms with van der Waals surface area (Å²) in [6, 6.07) is 1.81. The fourth-order valence-corrected chi connectivity index (χ4v) is 1.37. The highest BCUT2D eigenvalue weighted by molar-refractivity contribution is 5.58. The molecule has 0 radical (unpaired) electrons. The normalized spacial score (nSPS) is 15.3. The molecule has 2 N–H and O–H groups in total. The number of ether oxygens (including phenoxy) is 1. The molecule has 2 rings (SSSR count). The predicted molar refractivity (Wildman–Crippen MR) is 52.0 cm³/mol. The van der Waals surface area contributed by atoms with Crippen molar-refractivity contribution in [3.63, 3.8) is 0 Å². The van der Waals surface area contributed by atoms with Crippen LogP contribution in [0.3, 0.4) is 0 Å². The fourth-order valence-electron chi connectivity index (χ4n) is 1.37. The Morgan fingerprint density at radius 2 is 2.31 bits per heavy atom. The summed E-state index contributed by atoms with van der Waals surface area (Å²) in [5.74, 6) is 1.67. The average molecular weight is 179 g/mol. The first-order chi connectivity index (χ1) is 6.31. The van der Waals surface area contributed by atoms with Gasteiger partial charge in [0.05, 0.1) is 19.0 Å². The summed E-state index contributed by atoms with van der Waals surface area (Å²) >= 11 is 0. The number of methoxy groups -OCH3 is 1. The molecular formula is C9H13N3O. The van der Waals surface area contributed by atoms with Crippen molar-refractivity contribution in [3.8, 4) is 5.75 Å². The minimum atomic E-state index is 0.640. The highest BCUT2D eigenvalue weighted by Gasteiger charge is 2.19. The lowest BCUT2D eigenvalue weighted by Gasteiger charge is -2.32. The second-order valence-corrected chi connectivity index (χ2v) is 3.14. The van der Waals surface area contributed by atoms with Crippen molar-refractivity contribution in [1.82, 2.24) is 4.98 Å². The van der Waals surface area contributed by atoms with Crippen LogP contribution in [0.15, 0.2) is 12.3 Å². The Morgan fingerprint density at radius 3 is 2.85 bits per heavy atom. The molecule has 2 heterocycles. The lowest BCUT2D eigenvalue weighted by Crippen LogP contribution is -2.37. The molecular weight excluding hydrogens is 166 g/mol. The Bertz CT molecular complexity index is 310. The van der Waals surface area contributed by atoms with E-state index in [1.54, 1.807) is 19.4 Å². The molecule has 1 aliphatic heterocycles. The monoisotopic (exact) mass is 179 g/mol. The fraction of sp³-hybridized carbons (Fsp3) is 0.444. The van der Waals surface area contributed by atoms with Crippen LogP contribution in [0.4, 0.5) is 11.5 Å². The second-order valence-electron chi connectivity index (χ2n) is 3.14. The molecule has 1 aromatic heterocycles. The van der Waals surface area contributed by atoms with Gasteiger partial charge in [-0.15, -0.1) is 0 Å². The summed E-state index contributed by atoms with van der Waals surface area (Å²) in [5.41, 5.74) is 6.24. The van der Waals surface area contributed by atoms with Gasteiger partial charge in [0.2, 0.25) is 0 Å². The second kappa shape index (κ2) is 3.12. The van der Waals surface area contributed by atoms with Crippen molar-refractivity contribution in [1.29, 1.82) is 0 Å². The van der Waals surface area contributed by atoms with Crippen LogP contribution in [-0.4, -0.2) is 25.2 Å². The van der Waals surface area contributed by atoms with Crippen molar-refractivity contribution in [3.05, 3.63) is 12.3 Å². The third-order valence-corrected chi connectivity index (χ3v) is 2.23. The molecule has 1 saturated heterocycles. The van der Waals surface area contributed by atoms with E-state index in [4.69, 9.17) is 10.5 Å². The molecule has 0 aliphatic carbocycles. The van der Waals surface area contributed by atoms with Crippen LogP contribution < -0.4 is 15.4 Å². The third kappa shape index (κ3) is 1.39. The molecule has 0 atom stereocenters. The Balaban J connectivity index is 2.32. The average Bonchev–Trinajstić information content (AvgIpc) is 2.05.